The van der Waals surface area contributed by atoms with E-state index in [-0.39, 0.29) is 11.9 Å². The maximum atomic E-state index is 12.0. The second-order valence-corrected chi connectivity index (χ2v) is 10.3. The second-order valence-electron chi connectivity index (χ2n) is 10.3. The third-order valence-corrected chi connectivity index (χ3v) is 7.18. The van der Waals surface area contributed by atoms with E-state index in [2.05, 4.69) is 24.1 Å². The van der Waals surface area contributed by atoms with E-state index in [1.54, 1.807) is 0 Å². The van der Waals surface area contributed by atoms with Crippen molar-refractivity contribution in [3.8, 4) is 0 Å². The Morgan fingerprint density at radius 1 is 1.10 bits per heavy atom. The van der Waals surface area contributed by atoms with Gasteiger partial charge in [0.1, 0.15) is 0 Å². The maximum Gasteiger partial charge on any atom is 0.234 e. The Balaban J connectivity index is 1.56. The molecule has 1 spiro atoms. The van der Waals surface area contributed by atoms with Crippen LogP contribution < -0.4 is 5.32 Å². The highest BCUT2D eigenvalue weighted by atomic mass is 16.5. The van der Waals surface area contributed by atoms with E-state index in [1.165, 1.54) is 77.0 Å². The van der Waals surface area contributed by atoms with Crippen LogP contribution in [0.3, 0.4) is 0 Å². The van der Waals surface area contributed by atoms with Gasteiger partial charge < -0.3 is 10.1 Å². The van der Waals surface area contributed by atoms with Gasteiger partial charge in [0.05, 0.1) is 12.6 Å². The van der Waals surface area contributed by atoms with Crippen molar-refractivity contribution >= 4 is 5.91 Å². The quantitative estimate of drug-likeness (QED) is 0.406. The third kappa shape index (κ3) is 9.38. The highest BCUT2D eigenvalue weighted by molar-refractivity contribution is 5.78. The molecule has 1 heterocycles. The summed E-state index contributed by atoms with van der Waals surface area (Å²) >= 11 is 0. The van der Waals surface area contributed by atoms with Crippen LogP contribution >= 0.6 is 0 Å². The third-order valence-electron chi connectivity index (χ3n) is 7.18. The summed E-state index contributed by atoms with van der Waals surface area (Å²) in [5.74, 6) is 1.03. The van der Waals surface area contributed by atoms with Crippen molar-refractivity contribution in [1.82, 2.24) is 10.2 Å². The molecule has 4 heteroatoms. The number of piperidine rings is 1. The molecule has 1 saturated heterocycles. The molecule has 0 radical (unpaired) electrons. The van der Waals surface area contributed by atoms with Crippen LogP contribution in [0.1, 0.15) is 105 Å². The summed E-state index contributed by atoms with van der Waals surface area (Å²) in [5, 5.41) is 3.02. The summed E-state index contributed by atoms with van der Waals surface area (Å²) in [5.41, 5.74) is 0.556. The van der Waals surface area contributed by atoms with E-state index in [4.69, 9.17) is 4.74 Å². The fourth-order valence-corrected chi connectivity index (χ4v) is 5.34. The lowest BCUT2D eigenvalue weighted by Crippen LogP contribution is -2.45. The number of likely N-dealkylation sites (tertiary alicyclic amines) is 1. The van der Waals surface area contributed by atoms with Gasteiger partial charge in [0.2, 0.25) is 5.91 Å². The van der Waals surface area contributed by atoms with Crippen LogP contribution in [0, 0.1) is 11.3 Å². The van der Waals surface area contributed by atoms with Crippen LogP contribution in [0.2, 0.25) is 0 Å². The smallest absolute Gasteiger partial charge is 0.234 e. The van der Waals surface area contributed by atoms with Crippen molar-refractivity contribution in [2.45, 2.75) is 117 Å². The molecule has 0 bridgehead atoms. The van der Waals surface area contributed by atoms with Gasteiger partial charge >= 0.3 is 0 Å². The molecule has 1 aliphatic carbocycles. The summed E-state index contributed by atoms with van der Waals surface area (Å²) in [7, 11) is 0. The lowest BCUT2D eigenvalue weighted by Gasteiger charge is -2.39. The van der Waals surface area contributed by atoms with E-state index in [1.807, 2.05) is 13.8 Å². The van der Waals surface area contributed by atoms with Crippen molar-refractivity contribution < 1.29 is 9.53 Å². The van der Waals surface area contributed by atoms with E-state index in [0.717, 1.165) is 25.6 Å². The average Bonchev–Trinajstić information content (AvgIpc) is 3.06. The van der Waals surface area contributed by atoms with E-state index in [9.17, 15) is 4.79 Å². The second kappa shape index (κ2) is 12.9. The van der Waals surface area contributed by atoms with Crippen molar-refractivity contribution in [1.29, 1.82) is 0 Å². The first kappa shape index (κ1) is 24.7. The fourth-order valence-electron chi connectivity index (χ4n) is 5.34. The maximum absolute atomic E-state index is 12.0. The van der Waals surface area contributed by atoms with Crippen LogP contribution in [0.25, 0.3) is 0 Å². The number of nitrogens with one attached hydrogen (secondary N) is 1. The number of carbonyl (C=O) groups is 1. The molecule has 2 fully saturated rings. The number of nitrogens with zero attached hydrogens (tertiary/aromatic N) is 1. The normalized spacial score (nSPS) is 23.0. The molecule has 1 unspecified atom stereocenters. The summed E-state index contributed by atoms with van der Waals surface area (Å²) in [6, 6.07) is 0.236. The lowest BCUT2D eigenvalue weighted by molar-refractivity contribution is -0.123. The molecular formula is C25H48N2O2. The highest BCUT2D eigenvalue weighted by Crippen LogP contribution is 2.49. The molecule has 29 heavy (non-hydrogen) atoms. The van der Waals surface area contributed by atoms with Gasteiger partial charge in [0.15, 0.2) is 0 Å². The standard InChI is InChI=1S/C25H48N2O2/c1-5-6-7-8-9-10-22(4)29-18-12-23-11-13-25(19-23)14-16-27(17-15-25)20-24(28)26-21(2)3/h21-23H,5-20H2,1-4H3,(H,26,28)/t22?,23-/m0/s1. The molecule has 1 N–H and O–H groups in total. The number of unbranched alkanes of at least 4 members (excludes halogenated alkanes) is 4. The Kier molecular flexibility index (Phi) is 11.0. The summed E-state index contributed by atoms with van der Waals surface area (Å²) in [6.45, 7) is 12.3. The van der Waals surface area contributed by atoms with Crippen molar-refractivity contribution in [3.63, 3.8) is 0 Å². The molecule has 170 valence electrons. The number of hydrogen-bond acceptors (Lipinski definition) is 3. The predicted molar refractivity (Wildman–Crippen MR) is 122 cm³/mol. The SMILES string of the molecule is CCCCCCCC(C)OCC[C@@H]1CCC2(CCN(CC(=O)NC(C)C)CC2)C1. The first-order chi connectivity index (χ1) is 13.9. The molecule has 2 aliphatic rings. The number of hydrogen-bond donors (Lipinski definition) is 1. The molecule has 2 rings (SSSR count). The molecule has 0 aromatic carbocycles. The first-order valence-electron chi connectivity index (χ1n) is 12.6. The minimum Gasteiger partial charge on any atom is -0.378 e. The Morgan fingerprint density at radius 3 is 2.52 bits per heavy atom. The Labute approximate surface area is 180 Å². The van der Waals surface area contributed by atoms with Gasteiger partial charge in [-0.2, -0.15) is 0 Å². The van der Waals surface area contributed by atoms with Crippen LogP contribution in [-0.2, 0) is 9.53 Å². The summed E-state index contributed by atoms with van der Waals surface area (Å²) in [4.78, 5) is 14.4. The average molecular weight is 409 g/mol. The van der Waals surface area contributed by atoms with Gasteiger partial charge in [-0.25, -0.2) is 0 Å². The first-order valence-corrected chi connectivity index (χ1v) is 12.6. The van der Waals surface area contributed by atoms with Crippen LogP contribution in [0.5, 0.6) is 0 Å². The van der Waals surface area contributed by atoms with Crippen LogP contribution in [-0.4, -0.2) is 49.2 Å². The van der Waals surface area contributed by atoms with Crippen molar-refractivity contribution in [2.24, 2.45) is 11.3 Å². The summed E-state index contributed by atoms with van der Waals surface area (Å²) < 4.78 is 6.13. The van der Waals surface area contributed by atoms with Crippen molar-refractivity contribution in [3.05, 3.63) is 0 Å². The number of amides is 1. The zero-order chi connectivity index (χ0) is 21.1. The van der Waals surface area contributed by atoms with Crippen LogP contribution in [0.15, 0.2) is 0 Å². The van der Waals surface area contributed by atoms with Gasteiger partial charge in [-0.05, 0) is 90.1 Å². The van der Waals surface area contributed by atoms with E-state index in [0.29, 0.717) is 18.1 Å². The van der Waals surface area contributed by atoms with Crippen molar-refractivity contribution in [2.75, 3.05) is 26.2 Å². The fraction of sp³-hybridized carbons (Fsp3) is 0.960. The molecule has 1 saturated carbocycles. The predicted octanol–water partition coefficient (Wildman–Crippen LogP) is 5.55. The van der Waals surface area contributed by atoms with Gasteiger partial charge in [0, 0.05) is 12.6 Å². The van der Waals surface area contributed by atoms with E-state index >= 15 is 0 Å². The highest BCUT2D eigenvalue weighted by Gasteiger charge is 2.41. The lowest BCUT2D eigenvalue weighted by atomic mass is 9.76. The molecule has 1 amide bonds. The minimum absolute atomic E-state index is 0.178. The largest absolute Gasteiger partial charge is 0.378 e. The monoisotopic (exact) mass is 408 g/mol. The number of ether oxygens (including phenoxy) is 1. The van der Waals surface area contributed by atoms with E-state index < -0.39 is 0 Å². The van der Waals surface area contributed by atoms with Gasteiger partial charge in [0.25, 0.3) is 0 Å². The molecule has 0 aromatic heterocycles. The van der Waals surface area contributed by atoms with Gasteiger partial charge in [-0.15, -0.1) is 0 Å². The summed E-state index contributed by atoms with van der Waals surface area (Å²) in [6.07, 6.45) is 16.3. The number of carbonyl (C=O) groups excluding carboxylic acids is 1. The number of rotatable bonds is 13. The zero-order valence-electron chi connectivity index (χ0n) is 19.8. The molecule has 0 aromatic rings. The Bertz CT molecular complexity index is 458. The topological polar surface area (TPSA) is 41.6 Å². The van der Waals surface area contributed by atoms with Crippen LogP contribution in [0.4, 0.5) is 0 Å². The molecule has 2 atom stereocenters. The minimum atomic E-state index is 0.178. The molecule has 1 aliphatic heterocycles. The van der Waals surface area contributed by atoms with Gasteiger partial charge in [-0.3, -0.25) is 9.69 Å². The Morgan fingerprint density at radius 2 is 1.83 bits per heavy atom. The molecular weight excluding hydrogens is 360 g/mol. The van der Waals surface area contributed by atoms with Gasteiger partial charge in [-0.1, -0.05) is 39.0 Å². The Hall–Kier alpha value is -0.610. The zero-order valence-corrected chi connectivity index (χ0v) is 19.8. The molecule has 4 nitrogen and oxygen atoms in total.